The van der Waals surface area contributed by atoms with Gasteiger partial charge in [0.2, 0.25) is 0 Å². The molecule has 3 aliphatic rings. The number of H-pyrrole nitrogens is 1. The standard InChI is InChI=1S/C45H47ClF3N7O7S/c1-44(2)13-9-29(37(25-44)35-6-3-30(22-38(35)46)45(47,48)49)27-54-15-17-55(18-16-54)32-4-7-36(41(23-32)63-33-21-28-10-14-50-42(28)51-26-33)43(57)53-64(60,61)34-5-8-39(40(24-34)56(58)59)52-31-11-19-62-20-12-31/h3-8,10,14,21-24,26,31,52H,9,11-13,15-20,25,27H2,1-2H3,(H,50,51)(H,53,57). The molecule has 0 saturated carbocycles. The van der Waals surface area contributed by atoms with E-state index in [1.165, 1.54) is 30.5 Å². The number of halogens is 4. The highest BCUT2D eigenvalue weighted by Gasteiger charge is 2.34. The van der Waals surface area contributed by atoms with E-state index in [0.29, 0.717) is 87.8 Å². The van der Waals surface area contributed by atoms with Crippen LogP contribution in [0.3, 0.4) is 0 Å². The summed E-state index contributed by atoms with van der Waals surface area (Å²) in [6, 6.07) is 15.3. The average molecular weight is 922 g/mol. The summed E-state index contributed by atoms with van der Waals surface area (Å²) >= 11 is 6.53. The van der Waals surface area contributed by atoms with Gasteiger partial charge in [-0.25, -0.2) is 18.1 Å². The molecule has 0 atom stereocenters. The van der Waals surface area contributed by atoms with Crippen LogP contribution in [0.15, 0.2) is 89.6 Å². The van der Waals surface area contributed by atoms with Gasteiger partial charge in [-0.05, 0) is 97.2 Å². The Bertz CT molecular complexity index is 2730. The number of carbonyl (C=O) groups excluding carboxylic acids is 1. The lowest BCUT2D eigenvalue weighted by Crippen LogP contribution is -2.47. The van der Waals surface area contributed by atoms with Crippen LogP contribution in [0.5, 0.6) is 11.5 Å². The first kappa shape index (κ1) is 44.9. The van der Waals surface area contributed by atoms with Crippen molar-refractivity contribution < 1.29 is 40.8 Å². The summed E-state index contributed by atoms with van der Waals surface area (Å²) in [6.07, 6.45) is 2.37. The third-order valence-electron chi connectivity index (χ3n) is 12.1. The molecule has 2 aliphatic heterocycles. The predicted octanol–water partition coefficient (Wildman–Crippen LogP) is 9.43. The molecule has 338 valence electrons. The molecule has 0 bridgehead atoms. The first-order chi connectivity index (χ1) is 30.4. The number of benzene rings is 3. The largest absolute Gasteiger partial charge is 0.455 e. The molecule has 2 aromatic heterocycles. The van der Waals surface area contributed by atoms with E-state index < -0.39 is 43.2 Å². The van der Waals surface area contributed by atoms with Gasteiger partial charge in [-0.1, -0.05) is 37.1 Å². The van der Waals surface area contributed by atoms with Crippen molar-refractivity contribution in [1.29, 1.82) is 0 Å². The zero-order valence-electron chi connectivity index (χ0n) is 35.1. The minimum absolute atomic E-state index is 0.0469. The highest BCUT2D eigenvalue weighted by molar-refractivity contribution is 7.90. The van der Waals surface area contributed by atoms with E-state index in [9.17, 15) is 36.5 Å². The maximum absolute atomic E-state index is 13.9. The van der Waals surface area contributed by atoms with E-state index in [-0.39, 0.29) is 33.5 Å². The molecular formula is C45H47ClF3N7O7S. The first-order valence-corrected chi connectivity index (χ1v) is 22.8. The number of hydrogen-bond donors (Lipinski definition) is 3. The fraction of sp³-hybridized carbons (Fsp3) is 0.378. The van der Waals surface area contributed by atoms with Crippen LogP contribution in [0.25, 0.3) is 16.6 Å². The summed E-state index contributed by atoms with van der Waals surface area (Å²) in [6.45, 7) is 8.42. The van der Waals surface area contributed by atoms with Gasteiger partial charge in [0.25, 0.3) is 21.6 Å². The van der Waals surface area contributed by atoms with Crippen molar-refractivity contribution in [3.63, 3.8) is 0 Å². The second-order valence-electron chi connectivity index (χ2n) is 17.1. The fourth-order valence-electron chi connectivity index (χ4n) is 8.49. The maximum Gasteiger partial charge on any atom is 0.416 e. The number of aromatic nitrogens is 2. The second-order valence-corrected chi connectivity index (χ2v) is 19.2. The van der Waals surface area contributed by atoms with Crippen LogP contribution in [0, 0.1) is 15.5 Å². The summed E-state index contributed by atoms with van der Waals surface area (Å²) in [4.78, 5) is 36.7. The van der Waals surface area contributed by atoms with Gasteiger partial charge in [-0.15, -0.1) is 0 Å². The van der Waals surface area contributed by atoms with Gasteiger partial charge in [0.15, 0.2) is 0 Å². The molecular weight excluding hydrogens is 875 g/mol. The van der Waals surface area contributed by atoms with Gasteiger partial charge < -0.3 is 24.7 Å². The Morgan fingerprint density at radius 3 is 2.53 bits per heavy atom. The third-order valence-corrected chi connectivity index (χ3v) is 13.7. The number of nitro groups is 1. The van der Waals surface area contributed by atoms with E-state index >= 15 is 0 Å². The van der Waals surface area contributed by atoms with Gasteiger partial charge in [0, 0.05) is 86.4 Å². The molecule has 0 radical (unpaired) electrons. The monoisotopic (exact) mass is 921 g/mol. The van der Waals surface area contributed by atoms with Gasteiger partial charge in [-0.3, -0.25) is 19.8 Å². The minimum atomic E-state index is -4.61. The summed E-state index contributed by atoms with van der Waals surface area (Å²) < 4.78 is 81.5. The molecule has 19 heteroatoms. The van der Waals surface area contributed by atoms with Gasteiger partial charge >= 0.3 is 6.18 Å². The van der Waals surface area contributed by atoms with Gasteiger partial charge in [0.1, 0.15) is 22.8 Å². The number of carbonyl (C=O) groups is 1. The van der Waals surface area contributed by atoms with E-state index in [2.05, 4.69) is 43.7 Å². The third kappa shape index (κ3) is 10.1. The second kappa shape index (κ2) is 18.1. The molecule has 1 amide bonds. The molecule has 0 unspecified atom stereocenters. The molecule has 64 heavy (non-hydrogen) atoms. The van der Waals surface area contributed by atoms with E-state index in [4.69, 9.17) is 21.1 Å². The van der Waals surface area contributed by atoms with E-state index in [1.54, 1.807) is 30.5 Å². The molecule has 3 N–H and O–H groups in total. The lowest BCUT2D eigenvalue weighted by Gasteiger charge is -2.39. The maximum atomic E-state index is 13.9. The van der Waals surface area contributed by atoms with Crippen molar-refractivity contribution in [2.45, 2.75) is 63.1 Å². The number of anilines is 2. The van der Waals surface area contributed by atoms with Crippen molar-refractivity contribution >= 4 is 61.2 Å². The van der Waals surface area contributed by atoms with Gasteiger partial charge in [0.05, 0.1) is 27.1 Å². The van der Waals surface area contributed by atoms with Crippen LogP contribution in [-0.2, 0) is 20.9 Å². The SMILES string of the molecule is CC1(C)CCC(CN2CCN(c3ccc(C(=O)NS(=O)(=O)c4ccc(NC5CCOCC5)c([N+](=O)[O-])c4)c(Oc4cnc5[nH]ccc5c4)c3)CC2)=C(c2ccc(C(F)(F)F)cc2Cl)C1. The number of sulfonamides is 1. The Morgan fingerprint density at radius 2 is 1.81 bits per heavy atom. The smallest absolute Gasteiger partial charge is 0.416 e. The quantitative estimate of drug-likeness (QED) is 0.0804. The summed E-state index contributed by atoms with van der Waals surface area (Å²) in [5.41, 5.74) is 2.87. The summed E-state index contributed by atoms with van der Waals surface area (Å²) in [5, 5.41) is 16.0. The van der Waals surface area contributed by atoms with Crippen LogP contribution < -0.4 is 19.7 Å². The van der Waals surface area contributed by atoms with Crippen LogP contribution in [0.1, 0.15) is 67.4 Å². The van der Waals surface area contributed by atoms with Crippen molar-refractivity contribution in [3.05, 3.63) is 117 Å². The number of aromatic amines is 1. The summed E-state index contributed by atoms with van der Waals surface area (Å²) in [5.74, 6) is -0.663. The number of nitrogens with zero attached hydrogens (tertiary/aromatic N) is 4. The fourth-order valence-corrected chi connectivity index (χ4v) is 9.77. The number of hydrogen-bond acceptors (Lipinski definition) is 11. The average Bonchev–Trinajstić information content (AvgIpc) is 3.72. The van der Waals surface area contributed by atoms with Crippen molar-refractivity contribution in [2.24, 2.45) is 5.41 Å². The molecule has 5 aromatic rings. The van der Waals surface area contributed by atoms with Crippen LogP contribution >= 0.6 is 11.6 Å². The number of allylic oxidation sites excluding steroid dienone is 1. The number of nitro benzene ring substituents is 1. The number of fused-ring (bicyclic) bond motifs is 1. The predicted molar refractivity (Wildman–Crippen MR) is 237 cm³/mol. The Morgan fingerprint density at radius 1 is 1.05 bits per heavy atom. The van der Waals surface area contributed by atoms with Crippen LogP contribution in [0.4, 0.5) is 30.2 Å². The molecule has 0 spiro atoms. The van der Waals surface area contributed by atoms with Crippen LogP contribution in [0.2, 0.25) is 5.02 Å². The molecule has 4 heterocycles. The Labute approximate surface area is 373 Å². The van der Waals surface area contributed by atoms with Crippen molar-refractivity contribution in [3.8, 4) is 11.5 Å². The number of ether oxygens (including phenoxy) is 2. The lowest BCUT2D eigenvalue weighted by atomic mass is 9.72. The number of pyridine rings is 1. The van der Waals surface area contributed by atoms with E-state index in [1.807, 2.05) is 0 Å². The Kier molecular flexibility index (Phi) is 12.7. The Balaban J connectivity index is 1.02. The normalized spacial score (nSPS) is 17.7. The molecule has 1 aliphatic carbocycles. The zero-order chi connectivity index (χ0) is 45.4. The zero-order valence-corrected chi connectivity index (χ0v) is 36.7. The molecule has 14 nitrogen and oxygen atoms in total. The number of piperazine rings is 1. The van der Waals surface area contributed by atoms with Gasteiger partial charge in [-0.2, -0.15) is 13.2 Å². The number of amides is 1. The molecule has 2 fully saturated rings. The first-order valence-electron chi connectivity index (χ1n) is 20.9. The van der Waals surface area contributed by atoms with Crippen molar-refractivity contribution in [1.82, 2.24) is 19.6 Å². The topological polar surface area (TPSA) is 172 Å². The summed E-state index contributed by atoms with van der Waals surface area (Å²) in [7, 11) is -4.61. The number of rotatable bonds is 12. The number of alkyl halides is 3. The lowest BCUT2D eigenvalue weighted by molar-refractivity contribution is -0.384. The molecule has 2 saturated heterocycles. The van der Waals surface area contributed by atoms with Crippen molar-refractivity contribution in [2.75, 3.05) is 56.2 Å². The van der Waals surface area contributed by atoms with Crippen LogP contribution in [-0.4, -0.2) is 86.1 Å². The minimum Gasteiger partial charge on any atom is -0.455 e. The highest BCUT2D eigenvalue weighted by Crippen LogP contribution is 2.46. The van der Waals surface area contributed by atoms with E-state index in [0.717, 1.165) is 47.6 Å². The highest BCUT2D eigenvalue weighted by atomic mass is 35.5. The number of nitrogens with one attached hydrogen (secondary N) is 3. The Hall–Kier alpha value is -5.69. The molecule has 8 rings (SSSR count). The molecule has 3 aromatic carbocycles.